The normalized spacial score (nSPS) is 11.2. The first kappa shape index (κ1) is 11.7. The van der Waals surface area contributed by atoms with E-state index in [0.29, 0.717) is 0 Å². The molecule has 0 amide bonds. The van der Waals surface area contributed by atoms with E-state index < -0.39 is 0 Å². The Kier molecular flexibility index (Phi) is 2.51. The maximum atomic E-state index is 4.58. The standard InChI is InChI=1S/C13H16N6/c1-7-10-8(15-12(14-2)17-10)5-6-9-11(7)18-13(16-9)19(3)4/h5-6H,1-4H3,(H2,14,15,17). The van der Waals surface area contributed by atoms with Gasteiger partial charge in [0.2, 0.25) is 11.9 Å². The fraction of sp³-hybridized carbons (Fsp3) is 0.308. The van der Waals surface area contributed by atoms with Crippen LogP contribution in [0.15, 0.2) is 12.1 Å². The van der Waals surface area contributed by atoms with Crippen LogP contribution >= 0.6 is 0 Å². The van der Waals surface area contributed by atoms with Crippen molar-refractivity contribution >= 4 is 22.9 Å². The summed E-state index contributed by atoms with van der Waals surface area (Å²) in [6.07, 6.45) is 0. The Labute approximate surface area is 111 Å². The van der Waals surface area contributed by atoms with E-state index >= 15 is 0 Å². The lowest BCUT2D eigenvalue weighted by Crippen LogP contribution is -2.09. The number of hydrogen-bond donors (Lipinski definition) is 2. The van der Waals surface area contributed by atoms with E-state index in [1.165, 1.54) is 0 Å². The molecule has 0 unspecified atom stereocenters. The zero-order valence-corrected chi connectivity index (χ0v) is 11.4. The molecule has 1 aliphatic carbocycles. The van der Waals surface area contributed by atoms with Gasteiger partial charge in [-0.25, -0.2) is 15.0 Å². The molecule has 0 spiro atoms. The van der Waals surface area contributed by atoms with E-state index in [0.717, 1.165) is 39.9 Å². The number of rotatable bonds is 2. The number of H-pyrrole nitrogens is 1. The Morgan fingerprint density at radius 2 is 1.95 bits per heavy atom. The lowest BCUT2D eigenvalue weighted by atomic mass is 10.2. The molecule has 6 heteroatoms. The van der Waals surface area contributed by atoms with Gasteiger partial charge in [-0.05, 0) is 19.1 Å². The quantitative estimate of drug-likeness (QED) is 0.732. The van der Waals surface area contributed by atoms with E-state index in [9.17, 15) is 0 Å². The maximum absolute atomic E-state index is 4.58. The molecule has 98 valence electrons. The highest BCUT2D eigenvalue weighted by atomic mass is 15.2. The third-order valence-corrected chi connectivity index (χ3v) is 3.16. The molecule has 19 heavy (non-hydrogen) atoms. The first-order valence-corrected chi connectivity index (χ1v) is 6.12. The van der Waals surface area contributed by atoms with Gasteiger partial charge >= 0.3 is 0 Å². The molecule has 0 fully saturated rings. The summed E-state index contributed by atoms with van der Waals surface area (Å²) >= 11 is 0. The summed E-state index contributed by atoms with van der Waals surface area (Å²) in [6, 6.07) is 3.97. The van der Waals surface area contributed by atoms with Crippen molar-refractivity contribution in [2.75, 3.05) is 31.4 Å². The number of aromatic nitrogens is 4. The minimum absolute atomic E-state index is 0.724. The fourth-order valence-electron chi connectivity index (χ4n) is 2.12. The van der Waals surface area contributed by atoms with E-state index in [-0.39, 0.29) is 0 Å². The van der Waals surface area contributed by atoms with Crippen LogP contribution in [0.2, 0.25) is 0 Å². The third kappa shape index (κ3) is 1.76. The van der Waals surface area contributed by atoms with E-state index in [2.05, 4.69) is 25.3 Å². The van der Waals surface area contributed by atoms with E-state index in [1.807, 2.05) is 45.1 Å². The van der Waals surface area contributed by atoms with Gasteiger partial charge in [-0.3, -0.25) is 0 Å². The van der Waals surface area contributed by atoms with Crippen LogP contribution in [-0.2, 0) is 0 Å². The van der Waals surface area contributed by atoms with Crippen molar-refractivity contribution in [2.24, 2.45) is 0 Å². The van der Waals surface area contributed by atoms with Crippen LogP contribution in [0.25, 0.3) is 22.4 Å². The number of imidazole rings is 2. The Balaban J connectivity index is 2.33. The molecule has 0 radical (unpaired) electrons. The highest BCUT2D eigenvalue weighted by Crippen LogP contribution is 2.29. The SMILES string of the molecule is CNc1nc2c(C)c3nc(N(C)C)nc-3ccc2[nH]1. The zero-order valence-electron chi connectivity index (χ0n) is 11.4. The van der Waals surface area contributed by atoms with Gasteiger partial charge in [0, 0.05) is 26.7 Å². The molecular weight excluding hydrogens is 240 g/mol. The summed E-state index contributed by atoms with van der Waals surface area (Å²) in [4.78, 5) is 18.7. The van der Waals surface area contributed by atoms with Crippen LogP contribution in [0.4, 0.5) is 11.9 Å². The summed E-state index contributed by atoms with van der Waals surface area (Å²) in [5.41, 5.74) is 4.72. The lowest BCUT2D eigenvalue weighted by molar-refractivity contribution is 1.04. The molecule has 0 saturated heterocycles. The van der Waals surface area contributed by atoms with E-state index in [1.54, 1.807) is 0 Å². The molecule has 1 aromatic heterocycles. The monoisotopic (exact) mass is 256 g/mol. The molecule has 0 aromatic carbocycles. The largest absolute Gasteiger partial charge is 0.359 e. The molecular formula is C13H16N6. The average molecular weight is 256 g/mol. The van der Waals surface area contributed by atoms with Gasteiger partial charge in [-0.15, -0.1) is 0 Å². The van der Waals surface area contributed by atoms with Crippen LogP contribution in [0.1, 0.15) is 5.56 Å². The Morgan fingerprint density at radius 3 is 2.63 bits per heavy atom. The van der Waals surface area contributed by atoms with Crippen molar-refractivity contribution in [1.29, 1.82) is 0 Å². The van der Waals surface area contributed by atoms with Crippen LogP contribution in [-0.4, -0.2) is 41.1 Å². The van der Waals surface area contributed by atoms with Crippen molar-refractivity contribution in [3.05, 3.63) is 17.7 Å². The predicted octanol–water partition coefficient (Wildman–Crippen LogP) is 1.87. The number of anilines is 2. The second-order valence-corrected chi connectivity index (χ2v) is 4.71. The Hall–Kier alpha value is -2.37. The molecule has 0 saturated carbocycles. The highest BCUT2D eigenvalue weighted by molar-refractivity contribution is 5.86. The minimum atomic E-state index is 0.724. The molecule has 3 rings (SSSR count). The maximum Gasteiger partial charge on any atom is 0.226 e. The first-order valence-electron chi connectivity index (χ1n) is 6.12. The summed E-state index contributed by atoms with van der Waals surface area (Å²) < 4.78 is 0. The number of nitrogens with one attached hydrogen (secondary N) is 2. The van der Waals surface area contributed by atoms with Crippen molar-refractivity contribution in [3.8, 4) is 11.4 Å². The van der Waals surface area contributed by atoms with Gasteiger partial charge in [0.05, 0.1) is 22.4 Å². The minimum Gasteiger partial charge on any atom is -0.359 e. The molecule has 0 atom stereocenters. The highest BCUT2D eigenvalue weighted by Gasteiger charge is 2.16. The van der Waals surface area contributed by atoms with Crippen LogP contribution in [0.3, 0.4) is 0 Å². The Bertz CT molecular complexity index is 715. The first-order chi connectivity index (χ1) is 9.10. The summed E-state index contributed by atoms with van der Waals surface area (Å²) in [6.45, 7) is 2.03. The smallest absolute Gasteiger partial charge is 0.226 e. The van der Waals surface area contributed by atoms with Crippen LogP contribution < -0.4 is 10.2 Å². The van der Waals surface area contributed by atoms with Gasteiger partial charge in [-0.2, -0.15) is 0 Å². The number of nitrogens with zero attached hydrogens (tertiary/aromatic N) is 4. The zero-order chi connectivity index (χ0) is 13.6. The molecule has 2 heterocycles. The van der Waals surface area contributed by atoms with Crippen LogP contribution in [0.5, 0.6) is 0 Å². The summed E-state index contributed by atoms with van der Waals surface area (Å²) in [5, 5.41) is 3.01. The van der Waals surface area contributed by atoms with Gasteiger partial charge in [0.15, 0.2) is 0 Å². The average Bonchev–Trinajstić information content (AvgIpc) is 2.97. The number of aromatic amines is 1. The molecule has 2 N–H and O–H groups in total. The third-order valence-electron chi connectivity index (χ3n) is 3.16. The van der Waals surface area contributed by atoms with Crippen molar-refractivity contribution in [1.82, 2.24) is 19.9 Å². The molecule has 1 aromatic rings. The van der Waals surface area contributed by atoms with Gasteiger partial charge in [0.25, 0.3) is 0 Å². The number of hydrogen-bond acceptors (Lipinski definition) is 5. The molecule has 2 aliphatic rings. The number of fused-ring (bicyclic) bond motifs is 2. The van der Waals surface area contributed by atoms with Gasteiger partial charge in [-0.1, -0.05) is 0 Å². The summed E-state index contributed by atoms with van der Waals surface area (Å²) in [7, 11) is 5.72. The fourth-order valence-corrected chi connectivity index (χ4v) is 2.12. The second kappa shape index (κ2) is 4.08. The van der Waals surface area contributed by atoms with Crippen LogP contribution in [0, 0.1) is 6.92 Å². The van der Waals surface area contributed by atoms with Gasteiger partial charge in [0.1, 0.15) is 0 Å². The second-order valence-electron chi connectivity index (χ2n) is 4.71. The van der Waals surface area contributed by atoms with E-state index in [4.69, 9.17) is 0 Å². The molecule has 1 aliphatic heterocycles. The van der Waals surface area contributed by atoms with Crippen molar-refractivity contribution in [3.63, 3.8) is 0 Å². The molecule has 6 nitrogen and oxygen atoms in total. The Morgan fingerprint density at radius 1 is 1.16 bits per heavy atom. The topological polar surface area (TPSA) is 69.7 Å². The predicted molar refractivity (Wildman–Crippen MR) is 76.9 cm³/mol. The molecule has 0 bridgehead atoms. The van der Waals surface area contributed by atoms with Crippen molar-refractivity contribution in [2.45, 2.75) is 6.92 Å². The lowest BCUT2D eigenvalue weighted by Gasteiger charge is -2.04. The van der Waals surface area contributed by atoms with Gasteiger partial charge < -0.3 is 15.2 Å². The summed E-state index contributed by atoms with van der Waals surface area (Å²) in [5.74, 6) is 1.48. The number of aryl methyl sites for hydroxylation is 1. The van der Waals surface area contributed by atoms with Crippen molar-refractivity contribution < 1.29 is 0 Å².